The summed E-state index contributed by atoms with van der Waals surface area (Å²) in [5.41, 5.74) is 0.194. The first kappa shape index (κ1) is 15.8. The first-order chi connectivity index (χ1) is 9.32. The van der Waals surface area contributed by atoms with Gasteiger partial charge in [0, 0.05) is 11.6 Å². The summed E-state index contributed by atoms with van der Waals surface area (Å²) in [5, 5.41) is 0. The average Bonchev–Trinajstić information content (AvgIpc) is 2.35. The van der Waals surface area contributed by atoms with E-state index in [0.717, 1.165) is 5.56 Å². The molecule has 0 bridgehead atoms. The highest BCUT2D eigenvalue weighted by Crippen LogP contribution is 2.25. The molecule has 106 valence electrons. The quantitative estimate of drug-likeness (QED) is 0.472. The summed E-state index contributed by atoms with van der Waals surface area (Å²) in [7, 11) is 0. The molecule has 1 rings (SSSR count). The van der Waals surface area contributed by atoms with Crippen molar-refractivity contribution in [1.82, 2.24) is 0 Å². The van der Waals surface area contributed by atoms with Crippen LogP contribution < -0.4 is 0 Å². The van der Waals surface area contributed by atoms with E-state index in [0.29, 0.717) is 11.6 Å². The van der Waals surface area contributed by atoms with Gasteiger partial charge in [0.1, 0.15) is 5.57 Å². The second kappa shape index (κ2) is 6.80. The molecular weight excluding hydrogens is 269 g/mol. The number of alkyl halides is 3. The van der Waals surface area contributed by atoms with Crippen LogP contribution in [-0.2, 0) is 9.53 Å². The van der Waals surface area contributed by atoms with Gasteiger partial charge in [-0.3, -0.25) is 0 Å². The van der Waals surface area contributed by atoms with E-state index in [9.17, 15) is 18.0 Å². The van der Waals surface area contributed by atoms with Crippen molar-refractivity contribution in [3.8, 4) is 11.8 Å². The number of esters is 1. The molecule has 0 radical (unpaired) electrons. The third kappa shape index (κ3) is 5.19. The number of ether oxygens (including phenoxy) is 1. The molecule has 0 spiro atoms. The number of halogens is 3. The van der Waals surface area contributed by atoms with E-state index in [1.54, 1.807) is 24.3 Å². The molecule has 0 aliphatic carbocycles. The molecule has 1 aromatic rings. The van der Waals surface area contributed by atoms with Gasteiger partial charge < -0.3 is 4.74 Å². The largest absolute Gasteiger partial charge is 0.463 e. The van der Waals surface area contributed by atoms with Crippen LogP contribution in [0, 0.1) is 18.8 Å². The van der Waals surface area contributed by atoms with Gasteiger partial charge in [-0.1, -0.05) is 29.5 Å². The maximum Gasteiger partial charge on any atom is 0.424 e. The van der Waals surface area contributed by atoms with Gasteiger partial charge in [0.15, 0.2) is 0 Å². The van der Waals surface area contributed by atoms with Crippen molar-refractivity contribution < 1.29 is 22.7 Å². The Bertz CT molecular complexity index is 558. The fourth-order valence-electron chi connectivity index (χ4n) is 1.27. The topological polar surface area (TPSA) is 26.3 Å². The molecule has 5 heteroatoms. The van der Waals surface area contributed by atoms with E-state index in [1.807, 2.05) is 12.8 Å². The van der Waals surface area contributed by atoms with Crippen molar-refractivity contribution in [3.05, 3.63) is 47.0 Å². The Morgan fingerprint density at radius 2 is 1.90 bits per heavy atom. The summed E-state index contributed by atoms with van der Waals surface area (Å²) in [4.78, 5) is 11.1. The molecule has 0 aromatic heterocycles. The minimum atomic E-state index is -4.69. The Labute approximate surface area is 115 Å². The lowest BCUT2D eigenvalue weighted by molar-refractivity contribution is -0.138. The molecule has 0 N–H and O–H groups in total. The normalized spacial score (nSPS) is 11.6. The number of allylic oxidation sites excluding steroid dienone is 1. The second-order valence-electron chi connectivity index (χ2n) is 3.92. The Morgan fingerprint density at radius 3 is 2.40 bits per heavy atom. The SMILES string of the molecule is CCOC(=O)/C=C(\C#Cc1ccc(C)cc1)C(F)(F)F. The van der Waals surface area contributed by atoms with Gasteiger partial charge in [0.05, 0.1) is 6.61 Å². The van der Waals surface area contributed by atoms with E-state index in [1.165, 1.54) is 6.92 Å². The molecule has 0 aliphatic rings. The fourth-order valence-corrected chi connectivity index (χ4v) is 1.27. The maximum atomic E-state index is 12.7. The van der Waals surface area contributed by atoms with Crippen LogP contribution in [-0.4, -0.2) is 18.8 Å². The third-order valence-corrected chi connectivity index (χ3v) is 2.25. The van der Waals surface area contributed by atoms with Crippen molar-refractivity contribution in [2.24, 2.45) is 0 Å². The maximum absolute atomic E-state index is 12.7. The first-order valence-corrected chi connectivity index (χ1v) is 5.87. The van der Waals surface area contributed by atoms with E-state index in [2.05, 4.69) is 10.7 Å². The van der Waals surface area contributed by atoms with Crippen molar-refractivity contribution in [2.75, 3.05) is 6.61 Å². The molecule has 0 unspecified atom stereocenters. The van der Waals surface area contributed by atoms with E-state index in [-0.39, 0.29) is 6.61 Å². The van der Waals surface area contributed by atoms with Crippen LogP contribution in [0.25, 0.3) is 0 Å². The van der Waals surface area contributed by atoms with Crippen LogP contribution in [0.5, 0.6) is 0 Å². The summed E-state index contributed by atoms with van der Waals surface area (Å²) in [6.07, 6.45) is -4.32. The average molecular weight is 282 g/mol. The monoisotopic (exact) mass is 282 g/mol. The van der Waals surface area contributed by atoms with Crippen LogP contribution in [0.2, 0.25) is 0 Å². The van der Waals surface area contributed by atoms with Crippen LogP contribution in [0.3, 0.4) is 0 Å². The summed E-state index contributed by atoms with van der Waals surface area (Å²) >= 11 is 0. The summed E-state index contributed by atoms with van der Waals surface area (Å²) in [6, 6.07) is 6.71. The predicted molar refractivity (Wildman–Crippen MR) is 68.8 cm³/mol. The number of hydrogen-bond acceptors (Lipinski definition) is 2. The number of carbonyl (C=O) groups excluding carboxylic acids is 1. The highest BCUT2D eigenvalue weighted by atomic mass is 19.4. The highest BCUT2D eigenvalue weighted by Gasteiger charge is 2.33. The molecule has 0 fully saturated rings. The van der Waals surface area contributed by atoms with Gasteiger partial charge in [-0.15, -0.1) is 0 Å². The Kier molecular flexibility index (Phi) is 5.39. The van der Waals surface area contributed by atoms with Gasteiger partial charge in [-0.25, -0.2) is 4.79 Å². The Hall–Kier alpha value is -2.22. The summed E-state index contributed by atoms with van der Waals surface area (Å²) < 4.78 is 42.6. The zero-order valence-electron chi connectivity index (χ0n) is 11.0. The van der Waals surface area contributed by atoms with E-state index >= 15 is 0 Å². The number of benzene rings is 1. The van der Waals surface area contributed by atoms with Gasteiger partial charge in [0.25, 0.3) is 0 Å². The standard InChI is InChI=1S/C15H13F3O2/c1-3-20-14(19)10-13(15(16,17)18)9-8-12-6-4-11(2)5-7-12/h4-7,10H,3H2,1-2H3/b13-10+. The number of aryl methyl sites for hydroxylation is 1. The Balaban J connectivity index is 3.03. The molecule has 0 atom stereocenters. The van der Waals surface area contributed by atoms with Crippen molar-refractivity contribution in [2.45, 2.75) is 20.0 Å². The number of hydrogen-bond donors (Lipinski definition) is 0. The van der Waals surface area contributed by atoms with E-state index < -0.39 is 17.7 Å². The molecule has 20 heavy (non-hydrogen) atoms. The molecule has 0 aliphatic heterocycles. The molecule has 1 aromatic carbocycles. The molecule has 0 amide bonds. The summed E-state index contributed by atoms with van der Waals surface area (Å²) in [5.74, 6) is 3.29. The van der Waals surface area contributed by atoms with Crippen LogP contribution >= 0.6 is 0 Å². The van der Waals surface area contributed by atoms with Crippen LogP contribution in [0.1, 0.15) is 18.1 Å². The lowest BCUT2D eigenvalue weighted by Crippen LogP contribution is -2.13. The van der Waals surface area contributed by atoms with Crippen molar-refractivity contribution >= 4 is 5.97 Å². The first-order valence-electron chi connectivity index (χ1n) is 5.87. The van der Waals surface area contributed by atoms with Crippen LogP contribution in [0.15, 0.2) is 35.9 Å². The minimum Gasteiger partial charge on any atom is -0.463 e. The van der Waals surface area contributed by atoms with Gasteiger partial charge in [-0.2, -0.15) is 13.2 Å². The van der Waals surface area contributed by atoms with Crippen molar-refractivity contribution in [1.29, 1.82) is 0 Å². The summed E-state index contributed by atoms with van der Waals surface area (Å²) in [6.45, 7) is 3.38. The molecule has 0 saturated heterocycles. The number of rotatable bonds is 2. The predicted octanol–water partition coefficient (Wildman–Crippen LogP) is 3.40. The highest BCUT2D eigenvalue weighted by molar-refractivity contribution is 5.84. The molecular formula is C15H13F3O2. The second-order valence-corrected chi connectivity index (χ2v) is 3.92. The molecule has 0 heterocycles. The lowest BCUT2D eigenvalue weighted by atomic mass is 10.1. The third-order valence-electron chi connectivity index (χ3n) is 2.25. The zero-order chi connectivity index (χ0) is 15.2. The van der Waals surface area contributed by atoms with Gasteiger partial charge >= 0.3 is 12.1 Å². The van der Waals surface area contributed by atoms with Crippen molar-refractivity contribution in [3.63, 3.8) is 0 Å². The Morgan fingerprint density at radius 1 is 1.30 bits per heavy atom. The van der Waals surface area contributed by atoms with Gasteiger partial charge in [0.2, 0.25) is 0 Å². The lowest BCUT2D eigenvalue weighted by Gasteiger charge is -2.05. The van der Waals surface area contributed by atoms with Gasteiger partial charge in [-0.05, 0) is 26.0 Å². The minimum absolute atomic E-state index is 0.00581. The van der Waals surface area contributed by atoms with E-state index in [4.69, 9.17) is 0 Å². The fraction of sp³-hybridized carbons (Fsp3) is 0.267. The molecule has 0 saturated carbocycles. The zero-order valence-corrected chi connectivity index (χ0v) is 11.0. The molecule has 2 nitrogen and oxygen atoms in total. The number of carbonyl (C=O) groups is 1. The smallest absolute Gasteiger partial charge is 0.424 e. The van der Waals surface area contributed by atoms with Crippen LogP contribution in [0.4, 0.5) is 13.2 Å².